The Hall–Kier alpha value is -2.57. The molecule has 0 saturated heterocycles. The Balaban J connectivity index is 2.18. The highest BCUT2D eigenvalue weighted by molar-refractivity contribution is 5.58. The number of benzene rings is 1. The molecule has 0 aliphatic rings. The van der Waals surface area contributed by atoms with Gasteiger partial charge in [-0.1, -0.05) is 6.92 Å². The lowest BCUT2D eigenvalue weighted by molar-refractivity contribution is -0.385. The second-order valence-corrected chi connectivity index (χ2v) is 4.69. The van der Waals surface area contributed by atoms with Crippen molar-refractivity contribution < 1.29 is 9.66 Å². The molecule has 0 fully saturated rings. The van der Waals surface area contributed by atoms with Crippen LogP contribution >= 0.6 is 0 Å². The molecular weight excluding hydrogens is 272 g/mol. The maximum Gasteiger partial charge on any atom is 0.311 e. The highest BCUT2D eigenvalue weighted by Crippen LogP contribution is 2.31. The van der Waals surface area contributed by atoms with Crippen LogP contribution < -0.4 is 10.1 Å². The Kier molecular flexibility index (Phi) is 4.76. The summed E-state index contributed by atoms with van der Waals surface area (Å²) in [5, 5.41) is 20.9. The third-order valence-corrected chi connectivity index (χ3v) is 3.02. The van der Waals surface area contributed by atoms with Gasteiger partial charge in [0, 0.05) is 29.6 Å². The van der Waals surface area contributed by atoms with Crippen LogP contribution in [0.15, 0.2) is 30.6 Å². The van der Waals surface area contributed by atoms with Crippen LogP contribution in [0.3, 0.4) is 0 Å². The molecule has 2 N–H and O–H groups in total. The molecule has 2 rings (SSSR count). The van der Waals surface area contributed by atoms with E-state index < -0.39 is 4.92 Å². The predicted octanol–water partition coefficient (Wildman–Crippen LogP) is 3.28. The number of ether oxygens (including phenoxy) is 1. The van der Waals surface area contributed by atoms with E-state index in [-0.39, 0.29) is 17.5 Å². The van der Waals surface area contributed by atoms with Gasteiger partial charge in [0.15, 0.2) is 5.75 Å². The van der Waals surface area contributed by atoms with Crippen molar-refractivity contribution in [3.8, 4) is 5.75 Å². The molecule has 1 aromatic heterocycles. The molecule has 7 nitrogen and oxygen atoms in total. The average Bonchev–Trinajstić information content (AvgIpc) is 2.99. The van der Waals surface area contributed by atoms with E-state index in [1.54, 1.807) is 24.5 Å². The van der Waals surface area contributed by atoms with Crippen LogP contribution in [0, 0.1) is 10.1 Å². The van der Waals surface area contributed by atoms with Gasteiger partial charge < -0.3 is 10.1 Å². The minimum Gasteiger partial charge on any atom is -0.487 e. The maximum atomic E-state index is 11.0. The normalized spacial score (nSPS) is 11.9. The van der Waals surface area contributed by atoms with Crippen LogP contribution in [0.4, 0.5) is 11.4 Å². The third-order valence-electron chi connectivity index (χ3n) is 3.02. The van der Waals surface area contributed by atoms with Gasteiger partial charge in [-0.3, -0.25) is 15.2 Å². The summed E-state index contributed by atoms with van der Waals surface area (Å²) in [5.74, 6) is 0.284. The molecule has 2 aromatic rings. The molecule has 1 heterocycles. The van der Waals surface area contributed by atoms with Crippen LogP contribution in [0.25, 0.3) is 0 Å². The topological polar surface area (TPSA) is 93.1 Å². The molecule has 1 atom stereocenters. The summed E-state index contributed by atoms with van der Waals surface area (Å²) < 4.78 is 5.46. The number of hydrogen-bond donors (Lipinski definition) is 2. The number of H-pyrrole nitrogens is 1. The first kappa shape index (κ1) is 14.8. The zero-order chi connectivity index (χ0) is 15.2. The first-order valence-electron chi connectivity index (χ1n) is 6.78. The SMILES string of the molecule is CCCOc1cc(NC(C)c2cn[nH]c2)ccc1[N+](=O)[O-]. The number of nitrogens with zero attached hydrogens (tertiary/aromatic N) is 2. The lowest BCUT2D eigenvalue weighted by atomic mass is 10.1. The largest absolute Gasteiger partial charge is 0.487 e. The fourth-order valence-electron chi connectivity index (χ4n) is 1.91. The smallest absolute Gasteiger partial charge is 0.311 e. The highest BCUT2D eigenvalue weighted by atomic mass is 16.6. The molecule has 0 aliphatic carbocycles. The third kappa shape index (κ3) is 3.71. The van der Waals surface area contributed by atoms with E-state index in [1.165, 1.54) is 6.07 Å². The second kappa shape index (κ2) is 6.74. The monoisotopic (exact) mass is 290 g/mol. The van der Waals surface area contributed by atoms with Crippen LogP contribution in [0.5, 0.6) is 5.75 Å². The molecule has 0 aliphatic heterocycles. The van der Waals surface area contributed by atoms with Gasteiger partial charge in [0.05, 0.1) is 23.8 Å². The number of rotatable bonds is 7. The predicted molar refractivity (Wildman–Crippen MR) is 79.5 cm³/mol. The summed E-state index contributed by atoms with van der Waals surface area (Å²) in [4.78, 5) is 10.6. The van der Waals surface area contributed by atoms with Crippen molar-refractivity contribution in [3.63, 3.8) is 0 Å². The van der Waals surface area contributed by atoms with E-state index in [4.69, 9.17) is 4.74 Å². The number of aromatic amines is 1. The Labute approximate surface area is 122 Å². The molecule has 112 valence electrons. The summed E-state index contributed by atoms with van der Waals surface area (Å²) in [5.41, 5.74) is 1.75. The molecular formula is C14H18N4O3. The summed E-state index contributed by atoms with van der Waals surface area (Å²) in [6.07, 6.45) is 4.33. The van der Waals surface area contributed by atoms with Crippen molar-refractivity contribution in [1.29, 1.82) is 0 Å². The van der Waals surface area contributed by atoms with Crippen molar-refractivity contribution >= 4 is 11.4 Å². The van der Waals surface area contributed by atoms with Crippen molar-refractivity contribution in [2.45, 2.75) is 26.3 Å². The first-order valence-corrected chi connectivity index (χ1v) is 6.78. The van der Waals surface area contributed by atoms with E-state index in [2.05, 4.69) is 15.5 Å². The van der Waals surface area contributed by atoms with Crippen molar-refractivity contribution in [2.24, 2.45) is 0 Å². The summed E-state index contributed by atoms with van der Waals surface area (Å²) in [6, 6.07) is 4.82. The molecule has 0 spiro atoms. The molecule has 7 heteroatoms. The zero-order valence-electron chi connectivity index (χ0n) is 12.0. The van der Waals surface area contributed by atoms with Crippen LogP contribution in [0.1, 0.15) is 31.9 Å². The van der Waals surface area contributed by atoms with Crippen molar-refractivity contribution in [1.82, 2.24) is 10.2 Å². The van der Waals surface area contributed by atoms with Gasteiger partial charge in [0.25, 0.3) is 0 Å². The summed E-state index contributed by atoms with van der Waals surface area (Å²) >= 11 is 0. The molecule has 0 amide bonds. The molecule has 0 bridgehead atoms. The minimum absolute atomic E-state index is 0.0232. The Morgan fingerprint density at radius 2 is 2.33 bits per heavy atom. The molecule has 1 aromatic carbocycles. The summed E-state index contributed by atoms with van der Waals surface area (Å²) in [6.45, 7) is 4.38. The van der Waals surface area contributed by atoms with Gasteiger partial charge in [0.2, 0.25) is 0 Å². The Bertz CT molecular complexity index is 598. The van der Waals surface area contributed by atoms with E-state index in [9.17, 15) is 10.1 Å². The number of hydrogen-bond acceptors (Lipinski definition) is 5. The van der Waals surface area contributed by atoms with Gasteiger partial charge >= 0.3 is 5.69 Å². The molecule has 0 radical (unpaired) electrons. The number of aromatic nitrogens is 2. The maximum absolute atomic E-state index is 11.0. The summed E-state index contributed by atoms with van der Waals surface area (Å²) in [7, 11) is 0. The van der Waals surface area contributed by atoms with E-state index in [0.717, 1.165) is 17.7 Å². The lowest BCUT2D eigenvalue weighted by Gasteiger charge is -2.14. The fraction of sp³-hybridized carbons (Fsp3) is 0.357. The van der Waals surface area contributed by atoms with Crippen molar-refractivity contribution in [2.75, 3.05) is 11.9 Å². The second-order valence-electron chi connectivity index (χ2n) is 4.69. The van der Waals surface area contributed by atoms with Crippen LogP contribution in [-0.4, -0.2) is 21.7 Å². The number of nitrogens with one attached hydrogen (secondary N) is 2. The van der Waals surface area contributed by atoms with Gasteiger partial charge in [-0.2, -0.15) is 5.10 Å². The van der Waals surface area contributed by atoms with Gasteiger partial charge in [-0.25, -0.2) is 0 Å². The van der Waals surface area contributed by atoms with E-state index in [1.807, 2.05) is 13.8 Å². The Morgan fingerprint density at radius 3 is 2.95 bits per heavy atom. The average molecular weight is 290 g/mol. The van der Waals surface area contributed by atoms with E-state index in [0.29, 0.717) is 6.61 Å². The van der Waals surface area contributed by atoms with Crippen LogP contribution in [-0.2, 0) is 0 Å². The van der Waals surface area contributed by atoms with Crippen LogP contribution in [0.2, 0.25) is 0 Å². The van der Waals surface area contributed by atoms with E-state index >= 15 is 0 Å². The highest BCUT2D eigenvalue weighted by Gasteiger charge is 2.16. The Morgan fingerprint density at radius 1 is 1.52 bits per heavy atom. The molecule has 1 unspecified atom stereocenters. The van der Waals surface area contributed by atoms with Gasteiger partial charge in [-0.15, -0.1) is 0 Å². The molecule has 0 saturated carbocycles. The zero-order valence-corrected chi connectivity index (χ0v) is 12.0. The number of nitro groups is 1. The quantitative estimate of drug-likeness (QED) is 0.603. The van der Waals surface area contributed by atoms with Gasteiger partial charge in [-0.05, 0) is 19.4 Å². The van der Waals surface area contributed by atoms with Gasteiger partial charge in [0.1, 0.15) is 0 Å². The lowest BCUT2D eigenvalue weighted by Crippen LogP contribution is -2.06. The first-order chi connectivity index (χ1) is 10.1. The van der Waals surface area contributed by atoms with Crippen molar-refractivity contribution in [3.05, 3.63) is 46.3 Å². The molecule has 21 heavy (non-hydrogen) atoms. The fourth-order valence-corrected chi connectivity index (χ4v) is 1.91. The number of nitro benzene ring substituents is 1. The standard InChI is InChI=1S/C14H18N4O3/c1-3-6-21-14-7-12(4-5-13(14)18(19)20)17-10(2)11-8-15-16-9-11/h4-5,7-10,17H,3,6H2,1-2H3,(H,15,16). The minimum atomic E-state index is -0.436. The number of anilines is 1.